The fourth-order valence-corrected chi connectivity index (χ4v) is 1.62. The maximum Gasteiger partial charge on any atom is 0.337 e. The van der Waals surface area contributed by atoms with Gasteiger partial charge in [-0.3, -0.25) is 0 Å². The van der Waals surface area contributed by atoms with Gasteiger partial charge < -0.3 is 5.11 Å². The highest BCUT2D eigenvalue weighted by atomic mass is 35.5. The van der Waals surface area contributed by atoms with Crippen LogP contribution >= 0.6 is 23.2 Å². The fourth-order valence-electron chi connectivity index (χ4n) is 1.09. The van der Waals surface area contributed by atoms with Crippen LogP contribution in [-0.2, 0) is 5.88 Å². The molecule has 0 aliphatic heterocycles. The second-order valence-corrected chi connectivity index (χ2v) is 3.22. The van der Waals surface area contributed by atoms with Crippen LogP contribution in [0.2, 0.25) is 5.15 Å². The molecule has 0 aliphatic rings. The van der Waals surface area contributed by atoms with Crippen LogP contribution in [0.4, 0.5) is 8.78 Å². The van der Waals surface area contributed by atoms with Crippen molar-refractivity contribution in [3.8, 4) is 0 Å². The van der Waals surface area contributed by atoms with E-state index in [4.69, 9.17) is 28.3 Å². The van der Waals surface area contributed by atoms with Crippen molar-refractivity contribution in [2.24, 2.45) is 0 Å². The Morgan fingerprint density at radius 2 is 2.20 bits per heavy atom. The molecule has 0 saturated heterocycles. The topological polar surface area (TPSA) is 50.2 Å². The number of hydrogen-bond acceptors (Lipinski definition) is 2. The van der Waals surface area contributed by atoms with Crippen molar-refractivity contribution in [3.63, 3.8) is 0 Å². The smallest absolute Gasteiger partial charge is 0.337 e. The third-order valence-corrected chi connectivity index (χ3v) is 2.33. The van der Waals surface area contributed by atoms with Crippen LogP contribution in [0.5, 0.6) is 0 Å². The summed E-state index contributed by atoms with van der Waals surface area (Å²) in [5.74, 6) is -1.72. The number of pyridine rings is 1. The van der Waals surface area contributed by atoms with Crippen LogP contribution in [0, 0.1) is 0 Å². The summed E-state index contributed by atoms with van der Waals surface area (Å²) in [5, 5.41) is 8.28. The highest BCUT2D eigenvalue weighted by molar-refractivity contribution is 6.30. The summed E-state index contributed by atoms with van der Waals surface area (Å²) in [5.41, 5.74) is -1.17. The molecule has 1 aromatic heterocycles. The Morgan fingerprint density at radius 3 is 2.60 bits per heavy atom. The van der Waals surface area contributed by atoms with Gasteiger partial charge in [-0.2, -0.15) is 0 Å². The largest absolute Gasteiger partial charge is 0.478 e. The van der Waals surface area contributed by atoms with Gasteiger partial charge >= 0.3 is 5.97 Å². The van der Waals surface area contributed by atoms with Gasteiger partial charge in [0.2, 0.25) is 0 Å². The number of carboxylic acids is 1. The van der Waals surface area contributed by atoms with E-state index in [1.807, 2.05) is 0 Å². The van der Waals surface area contributed by atoms with Crippen molar-refractivity contribution in [1.82, 2.24) is 4.98 Å². The second-order valence-electron chi connectivity index (χ2n) is 2.59. The zero-order valence-corrected chi connectivity index (χ0v) is 8.69. The lowest BCUT2D eigenvalue weighted by Gasteiger charge is -2.10. The van der Waals surface area contributed by atoms with Crippen LogP contribution < -0.4 is 0 Å². The maximum absolute atomic E-state index is 12.5. The van der Waals surface area contributed by atoms with E-state index in [-0.39, 0.29) is 17.0 Å². The number of nitrogens with zero attached hydrogens (tertiary/aromatic N) is 1. The Hall–Kier alpha value is -0.940. The minimum absolute atomic E-state index is 0.195. The number of rotatable bonds is 3. The lowest BCUT2D eigenvalue weighted by atomic mass is 10.1. The zero-order chi connectivity index (χ0) is 11.6. The first-order chi connectivity index (χ1) is 6.99. The number of hydrogen-bond donors (Lipinski definition) is 1. The summed E-state index contributed by atoms with van der Waals surface area (Å²) in [6, 6.07) is 0. The van der Waals surface area contributed by atoms with Crippen LogP contribution in [0.25, 0.3) is 0 Å². The van der Waals surface area contributed by atoms with Crippen LogP contribution in [0.3, 0.4) is 0 Å². The van der Waals surface area contributed by atoms with Gasteiger partial charge in [0.25, 0.3) is 6.43 Å². The van der Waals surface area contributed by atoms with Gasteiger partial charge in [-0.05, 0) is 5.56 Å². The minimum Gasteiger partial charge on any atom is -0.478 e. The number of halogens is 4. The van der Waals surface area contributed by atoms with E-state index in [2.05, 4.69) is 4.98 Å². The predicted molar refractivity (Wildman–Crippen MR) is 50.7 cm³/mol. The molecule has 0 spiro atoms. The predicted octanol–water partition coefficient (Wildman–Crippen LogP) is 3.11. The van der Waals surface area contributed by atoms with Crippen molar-refractivity contribution in [2.75, 3.05) is 0 Å². The molecule has 0 amide bonds. The Bertz CT molecular complexity index is 398. The number of carbonyl (C=O) groups is 1. The average Bonchev–Trinajstić information content (AvgIpc) is 2.15. The van der Waals surface area contributed by atoms with Crippen molar-refractivity contribution >= 4 is 29.2 Å². The van der Waals surface area contributed by atoms with Gasteiger partial charge in [-0.1, -0.05) is 11.6 Å². The van der Waals surface area contributed by atoms with E-state index in [9.17, 15) is 13.6 Å². The normalized spacial score (nSPS) is 10.7. The van der Waals surface area contributed by atoms with E-state index >= 15 is 0 Å². The van der Waals surface area contributed by atoms with Crippen molar-refractivity contribution in [1.29, 1.82) is 0 Å². The molecule has 0 saturated carbocycles. The molecule has 0 radical (unpaired) electrons. The van der Waals surface area contributed by atoms with Gasteiger partial charge in [0.1, 0.15) is 5.15 Å². The van der Waals surface area contributed by atoms with E-state index in [0.717, 1.165) is 6.20 Å². The van der Waals surface area contributed by atoms with Gasteiger partial charge in [-0.25, -0.2) is 18.6 Å². The molecule has 3 nitrogen and oxygen atoms in total. The molecule has 82 valence electrons. The lowest BCUT2D eigenvalue weighted by Crippen LogP contribution is -2.07. The average molecular weight is 256 g/mol. The van der Waals surface area contributed by atoms with Gasteiger partial charge in [0.15, 0.2) is 0 Å². The van der Waals surface area contributed by atoms with Crippen LogP contribution in [0.1, 0.15) is 27.9 Å². The van der Waals surface area contributed by atoms with E-state index in [1.165, 1.54) is 0 Å². The van der Waals surface area contributed by atoms with Crippen LogP contribution in [0.15, 0.2) is 6.20 Å². The molecule has 0 aromatic carbocycles. The van der Waals surface area contributed by atoms with Crippen molar-refractivity contribution in [3.05, 3.63) is 28.0 Å². The number of alkyl halides is 3. The molecule has 1 heterocycles. The first kappa shape index (κ1) is 12.1. The molecule has 7 heteroatoms. The third-order valence-electron chi connectivity index (χ3n) is 1.76. The Balaban J connectivity index is 3.47. The zero-order valence-electron chi connectivity index (χ0n) is 7.18. The lowest BCUT2D eigenvalue weighted by molar-refractivity contribution is 0.0695. The van der Waals surface area contributed by atoms with E-state index in [0.29, 0.717) is 0 Å². The molecule has 1 N–H and O–H groups in total. The van der Waals surface area contributed by atoms with Gasteiger partial charge in [0.05, 0.1) is 11.1 Å². The molecule has 0 aliphatic carbocycles. The van der Waals surface area contributed by atoms with Crippen molar-refractivity contribution in [2.45, 2.75) is 12.3 Å². The number of aromatic carboxylic acids is 1. The molecular formula is C8H5Cl2F2NO2. The number of aromatic nitrogens is 1. The second kappa shape index (κ2) is 4.72. The summed E-state index contributed by atoms with van der Waals surface area (Å²) in [6.07, 6.45) is -1.99. The highest BCUT2D eigenvalue weighted by Crippen LogP contribution is 2.31. The summed E-state index contributed by atoms with van der Waals surface area (Å²) in [6.45, 7) is 0. The van der Waals surface area contributed by atoms with Crippen molar-refractivity contribution < 1.29 is 18.7 Å². The first-order valence-electron chi connectivity index (χ1n) is 3.73. The maximum atomic E-state index is 12.5. The summed E-state index contributed by atoms with van der Waals surface area (Å²) >= 11 is 10.9. The fraction of sp³-hybridized carbons (Fsp3) is 0.250. The Morgan fingerprint density at radius 1 is 1.60 bits per heavy atom. The molecule has 0 fully saturated rings. The van der Waals surface area contributed by atoms with E-state index < -0.39 is 23.1 Å². The van der Waals surface area contributed by atoms with Crippen LogP contribution in [-0.4, -0.2) is 16.1 Å². The number of carboxylic acid groups (broad SMARTS) is 1. The monoisotopic (exact) mass is 255 g/mol. The Labute approximate surface area is 93.6 Å². The van der Waals surface area contributed by atoms with Gasteiger partial charge in [0, 0.05) is 12.1 Å². The summed E-state index contributed by atoms with van der Waals surface area (Å²) in [4.78, 5) is 14.1. The summed E-state index contributed by atoms with van der Waals surface area (Å²) in [7, 11) is 0. The minimum atomic E-state index is -2.90. The third kappa shape index (κ3) is 2.35. The molecule has 0 atom stereocenters. The SMILES string of the molecule is O=C(O)c1cnc(Cl)c(C(F)F)c1CCl. The molecule has 15 heavy (non-hydrogen) atoms. The molecule has 1 rings (SSSR count). The standard InChI is InChI=1S/C8H5Cl2F2NO2/c9-1-3-4(8(14)15)2-13-6(10)5(3)7(11)12/h2,7H,1H2,(H,14,15). The van der Waals surface area contributed by atoms with E-state index in [1.54, 1.807) is 0 Å². The summed E-state index contributed by atoms with van der Waals surface area (Å²) < 4.78 is 25.1. The molecule has 0 bridgehead atoms. The molecule has 1 aromatic rings. The first-order valence-corrected chi connectivity index (χ1v) is 4.65. The quantitative estimate of drug-likeness (QED) is 0.667. The Kier molecular flexibility index (Phi) is 3.82. The van der Waals surface area contributed by atoms with Gasteiger partial charge in [-0.15, -0.1) is 11.6 Å². The molecular weight excluding hydrogens is 251 g/mol. The molecule has 0 unspecified atom stereocenters. The highest BCUT2D eigenvalue weighted by Gasteiger charge is 2.23.